The summed E-state index contributed by atoms with van der Waals surface area (Å²) in [4.78, 5) is 8.56. The van der Waals surface area contributed by atoms with Crippen molar-refractivity contribution in [1.29, 1.82) is 0 Å². The molecule has 2 heterocycles. The molecule has 2 N–H and O–H groups in total. The van der Waals surface area contributed by atoms with Crippen LogP contribution in [0.5, 0.6) is 0 Å². The minimum atomic E-state index is 0.663. The molecule has 0 saturated heterocycles. The van der Waals surface area contributed by atoms with E-state index in [0.717, 1.165) is 12.2 Å². The summed E-state index contributed by atoms with van der Waals surface area (Å²) in [5.41, 5.74) is 8.17. The van der Waals surface area contributed by atoms with Gasteiger partial charge in [0.1, 0.15) is 5.82 Å². The first kappa shape index (κ1) is 11.9. The number of para-hydroxylation sites is 1. The standard InChI is InChI=1S/C15H16N4/c16-7-6-12-10-19(11-15-17-8-3-9-18-15)14-5-2-1-4-13(12)14/h1-5,8-10H,6-7,11,16H2. The first-order valence-corrected chi connectivity index (χ1v) is 6.41. The molecule has 2 aromatic heterocycles. The molecule has 0 aliphatic carbocycles. The van der Waals surface area contributed by atoms with Gasteiger partial charge in [0.25, 0.3) is 0 Å². The molecule has 0 spiro atoms. The third kappa shape index (κ3) is 2.35. The van der Waals surface area contributed by atoms with Gasteiger partial charge in [-0.25, -0.2) is 9.97 Å². The monoisotopic (exact) mass is 252 g/mol. The molecule has 19 heavy (non-hydrogen) atoms. The summed E-state index contributed by atoms with van der Waals surface area (Å²) in [6.07, 6.45) is 6.60. The minimum Gasteiger partial charge on any atom is -0.340 e. The molecular weight excluding hydrogens is 236 g/mol. The largest absolute Gasteiger partial charge is 0.340 e. The molecule has 0 aliphatic rings. The van der Waals surface area contributed by atoms with Gasteiger partial charge in [-0.15, -0.1) is 0 Å². The molecule has 0 fully saturated rings. The summed E-state index contributed by atoms with van der Waals surface area (Å²) >= 11 is 0. The molecule has 0 bridgehead atoms. The fourth-order valence-corrected chi connectivity index (χ4v) is 2.37. The highest BCUT2D eigenvalue weighted by Gasteiger charge is 2.08. The summed E-state index contributed by atoms with van der Waals surface area (Å²) in [6, 6.07) is 10.2. The maximum Gasteiger partial charge on any atom is 0.147 e. The molecule has 3 rings (SSSR count). The van der Waals surface area contributed by atoms with Gasteiger partial charge in [0, 0.05) is 29.5 Å². The Balaban J connectivity index is 2.03. The van der Waals surface area contributed by atoms with E-state index < -0.39 is 0 Å². The van der Waals surface area contributed by atoms with Crippen molar-refractivity contribution in [2.24, 2.45) is 5.73 Å². The van der Waals surface area contributed by atoms with E-state index >= 15 is 0 Å². The van der Waals surface area contributed by atoms with Crippen molar-refractivity contribution < 1.29 is 0 Å². The average molecular weight is 252 g/mol. The fourth-order valence-electron chi connectivity index (χ4n) is 2.37. The molecule has 96 valence electrons. The predicted octanol–water partition coefficient (Wildman–Crippen LogP) is 1.98. The van der Waals surface area contributed by atoms with Crippen LogP contribution in [0.4, 0.5) is 0 Å². The van der Waals surface area contributed by atoms with E-state index in [1.54, 1.807) is 12.4 Å². The zero-order valence-electron chi connectivity index (χ0n) is 10.7. The van der Waals surface area contributed by atoms with Crippen LogP contribution in [0.25, 0.3) is 10.9 Å². The van der Waals surface area contributed by atoms with E-state index in [9.17, 15) is 0 Å². The number of benzene rings is 1. The molecule has 0 radical (unpaired) electrons. The second-order valence-corrected chi connectivity index (χ2v) is 4.50. The predicted molar refractivity (Wildman–Crippen MR) is 75.8 cm³/mol. The number of rotatable bonds is 4. The lowest BCUT2D eigenvalue weighted by Crippen LogP contribution is -2.03. The van der Waals surface area contributed by atoms with E-state index in [0.29, 0.717) is 13.1 Å². The lowest BCUT2D eigenvalue weighted by atomic mass is 10.1. The highest BCUT2D eigenvalue weighted by atomic mass is 15.0. The topological polar surface area (TPSA) is 56.7 Å². The molecule has 0 atom stereocenters. The Kier molecular flexibility index (Phi) is 3.25. The van der Waals surface area contributed by atoms with Crippen molar-refractivity contribution >= 4 is 10.9 Å². The molecule has 3 aromatic rings. The number of fused-ring (bicyclic) bond motifs is 1. The quantitative estimate of drug-likeness (QED) is 0.772. The highest BCUT2D eigenvalue weighted by Crippen LogP contribution is 2.22. The Morgan fingerprint density at radius 3 is 2.63 bits per heavy atom. The molecule has 4 heteroatoms. The van der Waals surface area contributed by atoms with Crippen LogP contribution in [0.3, 0.4) is 0 Å². The number of aromatic nitrogens is 3. The van der Waals surface area contributed by atoms with Gasteiger partial charge in [0.05, 0.1) is 6.54 Å². The van der Waals surface area contributed by atoms with Crippen molar-refractivity contribution in [3.8, 4) is 0 Å². The summed E-state index contributed by atoms with van der Waals surface area (Å²) in [5.74, 6) is 0.822. The van der Waals surface area contributed by atoms with Gasteiger partial charge >= 0.3 is 0 Å². The fraction of sp³-hybridized carbons (Fsp3) is 0.200. The molecule has 1 aromatic carbocycles. The first-order valence-electron chi connectivity index (χ1n) is 6.41. The summed E-state index contributed by atoms with van der Waals surface area (Å²) in [6.45, 7) is 1.35. The summed E-state index contributed by atoms with van der Waals surface area (Å²) in [5, 5.41) is 1.27. The van der Waals surface area contributed by atoms with Crippen molar-refractivity contribution in [3.63, 3.8) is 0 Å². The van der Waals surface area contributed by atoms with Crippen molar-refractivity contribution in [2.45, 2.75) is 13.0 Å². The van der Waals surface area contributed by atoms with E-state index in [4.69, 9.17) is 5.73 Å². The molecule has 4 nitrogen and oxygen atoms in total. The van der Waals surface area contributed by atoms with Crippen LogP contribution >= 0.6 is 0 Å². The van der Waals surface area contributed by atoms with E-state index in [2.05, 4.69) is 45.0 Å². The van der Waals surface area contributed by atoms with Gasteiger partial charge in [-0.1, -0.05) is 18.2 Å². The SMILES string of the molecule is NCCc1cn(Cc2ncccn2)c2ccccc12. The maximum absolute atomic E-state index is 5.68. The number of nitrogens with zero attached hydrogens (tertiary/aromatic N) is 3. The highest BCUT2D eigenvalue weighted by molar-refractivity contribution is 5.84. The Bertz CT molecular complexity index is 673. The zero-order chi connectivity index (χ0) is 13.1. The number of nitrogens with two attached hydrogens (primary N) is 1. The van der Waals surface area contributed by atoms with Crippen LogP contribution in [0.15, 0.2) is 48.9 Å². The smallest absolute Gasteiger partial charge is 0.147 e. The molecule has 0 unspecified atom stereocenters. The van der Waals surface area contributed by atoms with Crippen molar-refractivity contribution in [2.75, 3.05) is 6.54 Å². The molecule has 0 amide bonds. The number of hydrogen-bond acceptors (Lipinski definition) is 3. The van der Waals surface area contributed by atoms with Crippen LogP contribution in [0.1, 0.15) is 11.4 Å². The third-order valence-electron chi connectivity index (χ3n) is 3.22. The normalized spacial score (nSPS) is 11.0. The Labute approximate surface area is 111 Å². The average Bonchev–Trinajstić information content (AvgIpc) is 2.79. The Morgan fingerprint density at radius 2 is 1.84 bits per heavy atom. The van der Waals surface area contributed by atoms with Gasteiger partial charge in [0.2, 0.25) is 0 Å². The first-order chi connectivity index (χ1) is 9.38. The van der Waals surface area contributed by atoms with E-state index in [-0.39, 0.29) is 0 Å². The van der Waals surface area contributed by atoms with Crippen molar-refractivity contribution in [3.05, 3.63) is 60.3 Å². The minimum absolute atomic E-state index is 0.663. The van der Waals surface area contributed by atoms with E-state index in [1.807, 2.05) is 6.07 Å². The molecule has 0 aliphatic heterocycles. The molecule has 0 saturated carbocycles. The van der Waals surface area contributed by atoms with Gasteiger partial charge in [-0.2, -0.15) is 0 Å². The van der Waals surface area contributed by atoms with Gasteiger partial charge in [-0.05, 0) is 30.7 Å². The van der Waals surface area contributed by atoms with Gasteiger partial charge in [-0.3, -0.25) is 0 Å². The maximum atomic E-state index is 5.68. The second-order valence-electron chi connectivity index (χ2n) is 4.50. The lowest BCUT2D eigenvalue weighted by molar-refractivity contribution is 0.766. The third-order valence-corrected chi connectivity index (χ3v) is 3.22. The van der Waals surface area contributed by atoms with Crippen LogP contribution in [-0.2, 0) is 13.0 Å². The van der Waals surface area contributed by atoms with Crippen LogP contribution in [0.2, 0.25) is 0 Å². The van der Waals surface area contributed by atoms with Crippen molar-refractivity contribution in [1.82, 2.24) is 14.5 Å². The summed E-state index contributed by atoms with van der Waals surface area (Å²) in [7, 11) is 0. The zero-order valence-corrected chi connectivity index (χ0v) is 10.7. The lowest BCUT2D eigenvalue weighted by Gasteiger charge is -2.03. The van der Waals surface area contributed by atoms with Gasteiger partial charge < -0.3 is 10.3 Å². The Hall–Kier alpha value is -2.20. The summed E-state index contributed by atoms with van der Waals surface area (Å²) < 4.78 is 2.19. The van der Waals surface area contributed by atoms with Gasteiger partial charge in [0.15, 0.2) is 0 Å². The van der Waals surface area contributed by atoms with Crippen LogP contribution < -0.4 is 5.73 Å². The van der Waals surface area contributed by atoms with Crippen LogP contribution in [0, 0.1) is 0 Å². The van der Waals surface area contributed by atoms with Crippen LogP contribution in [-0.4, -0.2) is 21.1 Å². The second kappa shape index (κ2) is 5.20. The van der Waals surface area contributed by atoms with E-state index in [1.165, 1.54) is 16.5 Å². The molecular formula is C15H16N4. The Morgan fingerprint density at radius 1 is 1.05 bits per heavy atom. The number of hydrogen-bond donors (Lipinski definition) is 1.